The number of nitrogens with zero attached hydrogens (tertiary/aromatic N) is 1. The summed E-state index contributed by atoms with van der Waals surface area (Å²) in [6.07, 6.45) is 0.476. The van der Waals surface area contributed by atoms with Gasteiger partial charge < -0.3 is 5.32 Å². The largest absolute Gasteiger partial charge is 0.322 e. The molecule has 3 aromatic rings. The fourth-order valence-electron chi connectivity index (χ4n) is 3.38. The lowest BCUT2D eigenvalue weighted by atomic mass is 10.1. The predicted molar refractivity (Wildman–Crippen MR) is 123 cm³/mol. The number of para-hydroxylation sites is 1. The second kappa shape index (κ2) is 9.25. The Morgan fingerprint density at radius 2 is 1.39 bits per heavy atom. The molecule has 0 saturated carbocycles. The van der Waals surface area contributed by atoms with Gasteiger partial charge in [0.15, 0.2) is 0 Å². The molecule has 9 heteroatoms. The molecule has 8 nitrogen and oxygen atoms in total. The van der Waals surface area contributed by atoms with E-state index in [0.717, 1.165) is 5.56 Å². The summed E-state index contributed by atoms with van der Waals surface area (Å²) < 4.78 is 27.5. The highest BCUT2D eigenvalue weighted by molar-refractivity contribution is 7.92. The lowest BCUT2D eigenvalue weighted by Gasteiger charge is -2.14. The summed E-state index contributed by atoms with van der Waals surface area (Å²) in [5.74, 6) is -0.745. The van der Waals surface area contributed by atoms with Gasteiger partial charge in [-0.2, -0.15) is 0 Å². The maximum atomic E-state index is 12.5. The van der Waals surface area contributed by atoms with Crippen LogP contribution >= 0.6 is 0 Å². The molecular weight excluding hydrogens is 442 g/mol. The lowest BCUT2D eigenvalue weighted by Crippen LogP contribution is -2.28. The van der Waals surface area contributed by atoms with Crippen LogP contribution in [0.5, 0.6) is 0 Å². The maximum Gasteiger partial charge on any atom is 0.261 e. The second-order valence-corrected chi connectivity index (χ2v) is 9.20. The van der Waals surface area contributed by atoms with Crippen LogP contribution in [0.3, 0.4) is 0 Å². The van der Waals surface area contributed by atoms with Gasteiger partial charge in [0.25, 0.3) is 15.9 Å². The Bertz CT molecular complexity index is 1270. The van der Waals surface area contributed by atoms with E-state index < -0.39 is 10.0 Å². The Morgan fingerprint density at radius 1 is 0.788 bits per heavy atom. The van der Waals surface area contributed by atoms with Crippen molar-refractivity contribution in [3.05, 3.63) is 90.0 Å². The van der Waals surface area contributed by atoms with Gasteiger partial charge in [0.05, 0.1) is 11.4 Å². The first-order valence-electron chi connectivity index (χ1n) is 10.2. The molecule has 0 aromatic heterocycles. The Balaban J connectivity index is 1.38. The van der Waals surface area contributed by atoms with Crippen LogP contribution < -0.4 is 10.0 Å². The van der Waals surface area contributed by atoms with E-state index in [4.69, 9.17) is 0 Å². The zero-order valence-electron chi connectivity index (χ0n) is 17.5. The van der Waals surface area contributed by atoms with Crippen LogP contribution in [0.4, 0.5) is 11.4 Å². The molecule has 1 saturated heterocycles. The van der Waals surface area contributed by atoms with E-state index in [9.17, 15) is 22.8 Å². The average Bonchev–Trinajstić information content (AvgIpc) is 3.12. The van der Waals surface area contributed by atoms with Crippen molar-refractivity contribution in [2.24, 2.45) is 0 Å². The first kappa shape index (κ1) is 22.2. The van der Waals surface area contributed by atoms with Crippen molar-refractivity contribution in [1.29, 1.82) is 0 Å². The van der Waals surface area contributed by atoms with Gasteiger partial charge in [-0.3, -0.25) is 24.0 Å². The Labute approximate surface area is 191 Å². The van der Waals surface area contributed by atoms with Crippen LogP contribution in [0.15, 0.2) is 83.8 Å². The van der Waals surface area contributed by atoms with E-state index >= 15 is 0 Å². The SMILES string of the molecule is O=C(Nc1ccc(S(=O)(=O)Nc2ccccc2)cc1)c1ccc(CN2C(=O)CCC2=O)cc1. The zero-order chi connectivity index (χ0) is 23.4. The summed E-state index contributed by atoms with van der Waals surface area (Å²) >= 11 is 0. The molecule has 1 aliphatic heterocycles. The van der Waals surface area contributed by atoms with E-state index in [1.54, 1.807) is 54.6 Å². The number of imide groups is 1. The molecule has 168 valence electrons. The van der Waals surface area contributed by atoms with Crippen molar-refractivity contribution in [3.8, 4) is 0 Å². The molecule has 1 aliphatic rings. The molecular formula is C24H21N3O5S. The van der Waals surface area contributed by atoms with Crippen LogP contribution in [0.1, 0.15) is 28.8 Å². The molecule has 0 radical (unpaired) electrons. The van der Waals surface area contributed by atoms with Gasteiger partial charge in [-0.25, -0.2) is 8.42 Å². The van der Waals surface area contributed by atoms with Gasteiger partial charge in [0, 0.05) is 29.8 Å². The van der Waals surface area contributed by atoms with Gasteiger partial charge in [-0.1, -0.05) is 30.3 Å². The highest BCUT2D eigenvalue weighted by Gasteiger charge is 2.28. The number of sulfonamides is 1. The molecule has 0 aliphatic carbocycles. The molecule has 3 amide bonds. The number of nitrogens with one attached hydrogen (secondary N) is 2. The van der Waals surface area contributed by atoms with Crippen LogP contribution in [0, 0.1) is 0 Å². The number of rotatable bonds is 7. The summed E-state index contributed by atoms with van der Waals surface area (Å²) in [5.41, 5.74) is 2.03. The molecule has 33 heavy (non-hydrogen) atoms. The molecule has 2 N–H and O–H groups in total. The fraction of sp³-hybridized carbons (Fsp3) is 0.125. The van der Waals surface area contributed by atoms with Gasteiger partial charge in [0.1, 0.15) is 0 Å². The summed E-state index contributed by atoms with van der Waals surface area (Å²) in [6, 6.07) is 21.0. The minimum Gasteiger partial charge on any atom is -0.322 e. The van der Waals surface area contributed by atoms with Gasteiger partial charge in [0.2, 0.25) is 11.8 Å². The third-order valence-electron chi connectivity index (χ3n) is 5.16. The normalized spacial score (nSPS) is 13.8. The number of likely N-dealkylation sites (tertiary alicyclic amines) is 1. The monoisotopic (exact) mass is 463 g/mol. The number of hydrogen-bond acceptors (Lipinski definition) is 5. The second-order valence-electron chi connectivity index (χ2n) is 7.52. The molecule has 1 fully saturated rings. The number of anilines is 2. The van der Waals surface area contributed by atoms with Gasteiger partial charge in [-0.05, 0) is 54.1 Å². The highest BCUT2D eigenvalue weighted by atomic mass is 32.2. The number of carbonyl (C=O) groups is 3. The van der Waals surface area contributed by atoms with Crippen LogP contribution in [0.25, 0.3) is 0 Å². The molecule has 0 atom stereocenters. The van der Waals surface area contributed by atoms with Crippen molar-refractivity contribution in [1.82, 2.24) is 4.90 Å². The Kier molecular flexibility index (Phi) is 6.23. The minimum absolute atomic E-state index is 0.0692. The van der Waals surface area contributed by atoms with Crippen molar-refractivity contribution in [3.63, 3.8) is 0 Å². The molecule has 3 aromatic carbocycles. The average molecular weight is 464 g/mol. The first-order chi connectivity index (χ1) is 15.8. The smallest absolute Gasteiger partial charge is 0.261 e. The molecule has 0 spiro atoms. The standard InChI is InChI=1S/C24H21N3O5S/c28-22-14-15-23(29)27(22)16-17-6-8-18(9-7-17)24(30)25-19-10-12-21(13-11-19)33(31,32)26-20-4-2-1-3-5-20/h1-13,26H,14-16H2,(H,25,30). The van der Waals surface area contributed by atoms with Crippen molar-refractivity contribution < 1.29 is 22.8 Å². The third-order valence-corrected chi connectivity index (χ3v) is 6.56. The number of hydrogen-bond donors (Lipinski definition) is 2. The van der Waals surface area contributed by atoms with E-state index in [1.807, 2.05) is 0 Å². The van der Waals surface area contributed by atoms with Crippen LogP contribution in [-0.4, -0.2) is 31.0 Å². The van der Waals surface area contributed by atoms with Crippen molar-refractivity contribution >= 4 is 39.1 Å². The maximum absolute atomic E-state index is 12.5. The van der Waals surface area contributed by atoms with Crippen molar-refractivity contribution in [2.45, 2.75) is 24.3 Å². The van der Waals surface area contributed by atoms with Crippen molar-refractivity contribution in [2.75, 3.05) is 10.0 Å². The number of benzene rings is 3. The van der Waals surface area contributed by atoms with Gasteiger partial charge in [-0.15, -0.1) is 0 Å². The van der Waals surface area contributed by atoms with E-state index in [2.05, 4.69) is 10.0 Å². The zero-order valence-corrected chi connectivity index (χ0v) is 18.3. The topological polar surface area (TPSA) is 113 Å². The Morgan fingerprint density at radius 3 is 2.00 bits per heavy atom. The Hall–Kier alpha value is -3.98. The van der Waals surface area contributed by atoms with E-state index in [0.29, 0.717) is 16.9 Å². The number of carbonyl (C=O) groups excluding carboxylic acids is 3. The lowest BCUT2D eigenvalue weighted by molar-refractivity contribution is -0.139. The summed E-state index contributed by atoms with van der Waals surface area (Å²) in [7, 11) is -3.75. The molecule has 0 unspecified atom stereocenters. The summed E-state index contributed by atoms with van der Waals surface area (Å²) in [4.78, 5) is 37.3. The van der Waals surface area contributed by atoms with Crippen LogP contribution in [-0.2, 0) is 26.2 Å². The molecule has 4 rings (SSSR count). The van der Waals surface area contributed by atoms with Gasteiger partial charge >= 0.3 is 0 Å². The summed E-state index contributed by atoms with van der Waals surface area (Å²) in [6.45, 7) is 0.187. The quantitative estimate of drug-likeness (QED) is 0.522. The van der Waals surface area contributed by atoms with E-state index in [-0.39, 0.29) is 42.0 Å². The third kappa shape index (κ3) is 5.27. The molecule has 1 heterocycles. The fourth-order valence-corrected chi connectivity index (χ4v) is 4.44. The minimum atomic E-state index is -3.75. The number of amides is 3. The van der Waals surface area contributed by atoms with E-state index in [1.165, 1.54) is 29.2 Å². The first-order valence-corrected chi connectivity index (χ1v) is 11.7. The predicted octanol–water partition coefficient (Wildman–Crippen LogP) is 3.39. The highest BCUT2D eigenvalue weighted by Crippen LogP contribution is 2.19. The molecule has 0 bridgehead atoms. The van der Waals surface area contributed by atoms with Crippen LogP contribution in [0.2, 0.25) is 0 Å². The summed E-state index contributed by atoms with van der Waals surface area (Å²) in [5, 5.41) is 2.72.